The Morgan fingerprint density at radius 1 is 0.789 bits per heavy atom. The summed E-state index contributed by atoms with van der Waals surface area (Å²) < 4.78 is 10.6. The number of aromatic amines is 1. The van der Waals surface area contributed by atoms with E-state index in [-0.39, 0.29) is 12.0 Å². The van der Waals surface area contributed by atoms with Crippen molar-refractivity contribution in [3.63, 3.8) is 0 Å². The highest BCUT2D eigenvalue weighted by molar-refractivity contribution is 5.88. The number of para-hydroxylation sites is 1. The number of H-pyrrole nitrogens is 1. The lowest BCUT2D eigenvalue weighted by Crippen LogP contribution is -2.49. The van der Waals surface area contributed by atoms with Crippen molar-refractivity contribution < 1.29 is 23.9 Å². The van der Waals surface area contributed by atoms with Crippen molar-refractivity contribution in [2.45, 2.75) is 104 Å². The molecule has 1 aromatic heterocycles. The lowest BCUT2D eigenvalue weighted by atomic mass is 10.0. The smallest absolute Gasteiger partial charge is 0.408 e. The van der Waals surface area contributed by atoms with Crippen LogP contribution in [0.3, 0.4) is 0 Å². The number of amides is 3. The van der Waals surface area contributed by atoms with Crippen LogP contribution in [0.15, 0.2) is 30.5 Å². The molecule has 0 bridgehead atoms. The van der Waals surface area contributed by atoms with E-state index in [0.29, 0.717) is 19.5 Å². The van der Waals surface area contributed by atoms with Gasteiger partial charge in [-0.15, -0.1) is 0 Å². The zero-order chi connectivity index (χ0) is 28.2. The van der Waals surface area contributed by atoms with Crippen molar-refractivity contribution in [3.8, 4) is 0 Å². The first-order chi connectivity index (χ1) is 17.8. The number of aromatic nitrogens is 1. The second kappa shape index (κ2) is 14.6. The molecule has 0 aliphatic heterocycles. The molecule has 1 heterocycles. The maximum atomic E-state index is 13.0. The van der Waals surface area contributed by atoms with E-state index < -0.39 is 23.3 Å². The van der Waals surface area contributed by atoms with Crippen LogP contribution in [0.25, 0.3) is 10.9 Å². The fraction of sp³-hybridized carbons (Fsp3) is 0.621. The van der Waals surface area contributed by atoms with Crippen molar-refractivity contribution >= 4 is 29.0 Å². The van der Waals surface area contributed by atoms with Crippen LogP contribution in [-0.4, -0.2) is 53.4 Å². The maximum absolute atomic E-state index is 13.0. The number of nitrogens with one attached hydrogen (secondary N) is 4. The Kier molecular flexibility index (Phi) is 11.9. The zero-order valence-electron chi connectivity index (χ0n) is 23.9. The monoisotopic (exact) mass is 530 g/mol. The standard InChI is InChI=1S/C29H46N4O5/c1-28(2,3)37-26(35)31-18-14-10-8-7-9-13-17-30-25(34)24(33-27(36)38-29(4,5)6)19-21-20-32-23-16-12-11-15-22(21)23/h11-12,15-16,20,24,32H,7-10,13-14,17-19H2,1-6H3,(H,30,34)(H,31,35)(H,33,36)/t24-/m1/s1. The molecule has 9 nitrogen and oxygen atoms in total. The van der Waals surface area contributed by atoms with Crippen molar-refractivity contribution in [1.82, 2.24) is 20.9 Å². The van der Waals surface area contributed by atoms with Gasteiger partial charge in [0.1, 0.15) is 17.2 Å². The van der Waals surface area contributed by atoms with E-state index in [2.05, 4.69) is 20.9 Å². The first kappa shape index (κ1) is 31.0. The van der Waals surface area contributed by atoms with Gasteiger partial charge in [-0.25, -0.2) is 9.59 Å². The van der Waals surface area contributed by atoms with Gasteiger partial charge in [0.25, 0.3) is 0 Å². The molecule has 0 saturated carbocycles. The summed E-state index contributed by atoms with van der Waals surface area (Å²) in [6.45, 7) is 12.0. The van der Waals surface area contributed by atoms with Crippen molar-refractivity contribution in [1.29, 1.82) is 0 Å². The zero-order valence-corrected chi connectivity index (χ0v) is 23.9. The van der Waals surface area contributed by atoms with Crippen LogP contribution in [0.2, 0.25) is 0 Å². The minimum atomic E-state index is -0.749. The van der Waals surface area contributed by atoms with Gasteiger partial charge in [0.15, 0.2) is 0 Å². The molecule has 0 fully saturated rings. The summed E-state index contributed by atoms with van der Waals surface area (Å²) in [6, 6.07) is 7.13. The van der Waals surface area contributed by atoms with E-state index in [1.54, 1.807) is 20.8 Å². The van der Waals surface area contributed by atoms with Crippen LogP contribution in [0.1, 0.15) is 85.6 Å². The molecule has 1 atom stereocenters. The minimum Gasteiger partial charge on any atom is -0.444 e. The molecule has 0 radical (unpaired) electrons. The summed E-state index contributed by atoms with van der Waals surface area (Å²) in [5, 5.41) is 9.52. The largest absolute Gasteiger partial charge is 0.444 e. The van der Waals surface area contributed by atoms with Crippen LogP contribution >= 0.6 is 0 Å². The van der Waals surface area contributed by atoms with Crippen LogP contribution < -0.4 is 16.0 Å². The molecule has 2 rings (SSSR count). The third-order valence-electron chi connectivity index (χ3n) is 5.68. The van der Waals surface area contributed by atoms with Gasteiger partial charge in [0.2, 0.25) is 5.91 Å². The minimum absolute atomic E-state index is 0.227. The number of alkyl carbamates (subject to hydrolysis) is 2. The van der Waals surface area contributed by atoms with Crippen LogP contribution in [0, 0.1) is 0 Å². The van der Waals surface area contributed by atoms with Gasteiger partial charge in [-0.3, -0.25) is 4.79 Å². The Morgan fingerprint density at radius 2 is 1.34 bits per heavy atom. The maximum Gasteiger partial charge on any atom is 0.408 e. The van der Waals surface area contributed by atoms with E-state index >= 15 is 0 Å². The molecule has 0 unspecified atom stereocenters. The lowest BCUT2D eigenvalue weighted by molar-refractivity contribution is -0.123. The van der Waals surface area contributed by atoms with Crippen LogP contribution in [0.5, 0.6) is 0 Å². The second-order valence-corrected chi connectivity index (χ2v) is 11.6. The number of rotatable bonds is 13. The van der Waals surface area contributed by atoms with E-state index in [0.717, 1.165) is 55.0 Å². The summed E-state index contributed by atoms with van der Waals surface area (Å²) in [5.41, 5.74) is 0.803. The first-order valence-corrected chi connectivity index (χ1v) is 13.6. The molecule has 38 heavy (non-hydrogen) atoms. The molecule has 2 aromatic rings. The highest BCUT2D eigenvalue weighted by atomic mass is 16.6. The Balaban J connectivity index is 1.73. The predicted octanol–water partition coefficient (Wildman–Crippen LogP) is 5.59. The Hall–Kier alpha value is -3.23. The third kappa shape index (κ3) is 12.3. The predicted molar refractivity (Wildman–Crippen MR) is 150 cm³/mol. The molecular formula is C29H46N4O5. The van der Waals surface area contributed by atoms with Crippen molar-refractivity contribution in [2.24, 2.45) is 0 Å². The SMILES string of the molecule is CC(C)(C)OC(=O)NCCCCCCCCNC(=O)[C@@H](Cc1c[nH]c2ccccc12)NC(=O)OC(C)(C)C. The Labute approximate surface area is 226 Å². The Bertz CT molecular complexity index is 1040. The molecular weight excluding hydrogens is 484 g/mol. The fourth-order valence-electron chi connectivity index (χ4n) is 3.98. The van der Waals surface area contributed by atoms with Gasteiger partial charge in [-0.2, -0.15) is 0 Å². The number of fused-ring (bicyclic) bond motifs is 1. The second-order valence-electron chi connectivity index (χ2n) is 11.6. The van der Waals surface area contributed by atoms with Gasteiger partial charge in [0.05, 0.1) is 0 Å². The van der Waals surface area contributed by atoms with E-state index in [4.69, 9.17) is 9.47 Å². The topological polar surface area (TPSA) is 122 Å². The van der Waals surface area contributed by atoms with E-state index in [1.807, 2.05) is 51.2 Å². The van der Waals surface area contributed by atoms with Gasteiger partial charge < -0.3 is 30.4 Å². The Morgan fingerprint density at radius 3 is 1.97 bits per heavy atom. The molecule has 0 saturated heterocycles. The molecule has 4 N–H and O–H groups in total. The molecule has 9 heteroatoms. The van der Waals surface area contributed by atoms with Crippen molar-refractivity contribution in [3.05, 3.63) is 36.0 Å². The normalized spacial score (nSPS) is 12.6. The average Bonchev–Trinajstić information content (AvgIpc) is 3.20. The van der Waals surface area contributed by atoms with E-state index in [9.17, 15) is 14.4 Å². The molecule has 212 valence electrons. The number of hydrogen-bond donors (Lipinski definition) is 4. The lowest BCUT2D eigenvalue weighted by Gasteiger charge is -2.23. The highest BCUT2D eigenvalue weighted by Gasteiger charge is 2.25. The van der Waals surface area contributed by atoms with Crippen LogP contribution in [0.4, 0.5) is 9.59 Å². The van der Waals surface area contributed by atoms with Gasteiger partial charge in [-0.05, 0) is 66.0 Å². The quantitative estimate of drug-likeness (QED) is 0.252. The summed E-state index contributed by atoms with van der Waals surface area (Å²) in [5.74, 6) is -0.227. The number of carbonyl (C=O) groups is 3. The van der Waals surface area contributed by atoms with Crippen molar-refractivity contribution in [2.75, 3.05) is 13.1 Å². The molecule has 1 aromatic carbocycles. The average molecular weight is 531 g/mol. The summed E-state index contributed by atoms with van der Waals surface area (Å²) in [7, 11) is 0. The molecule has 3 amide bonds. The van der Waals surface area contributed by atoms with Gasteiger partial charge in [0, 0.05) is 36.6 Å². The highest BCUT2D eigenvalue weighted by Crippen LogP contribution is 2.19. The number of carbonyl (C=O) groups excluding carboxylic acids is 3. The third-order valence-corrected chi connectivity index (χ3v) is 5.68. The first-order valence-electron chi connectivity index (χ1n) is 13.6. The summed E-state index contributed by atoms with van der Waals surface area (Å²) >= 11 is 0. The molecule has 0 spiro atoms. The number of ether oxygens (including phenoxy) is 2. The van der Waals surface area contributed by atoms with Crippen LogP contribution in [-0.2, 0) is 20.7 Å². The molecule has 0 aliphatic carbocycles. The number of benzene rings is 1. The van der Waals surface area contributed by atoms with Gasteiger partial charge in [-0.1, -0.05) is 43.9 Å². The fourth-order valence-corrected chi connectivity index (χ4v) is 3.98. The summed E-state index contributed by atoms with van der Waals surface area (Å²) in [4.78, 5) is 40.3. The number of unbranched alkanes of at least 4 members (excludes halogenated alkanes) is 5. The molecule has 0 aliphatic rings. The van der Waals surface area contributed by atoms with E-state index in [1.165, 1.54) is 0 Å². The number of hydrogen-bond acceptors (Lipinski definition) is 5. The van der Waals surface area contributed by atoms with Gasteiger partial charge >= 0.3 is 12.2 Å². The summed E-state index contributed by atoms with van der Waals surface area (Å²) in [6.07, 6.45) is 7.13.